The summed E-state index contributed by atoms with van der Waals surface area (Å²) < 4.78 is 0. The van der Waals surface area contributed by atoms with Crippen molar-refractivity contribution < 1.29 is 26.2 Å². The van der Waals surface area contributed by atoms with Gasteiger partial charge in [-0.2, -0.15) is 12.2 Å². The molecule has 0 fully saturated rings. The van der Waals surface area contributed by atoms with Gasteiger partial charge in [-0.3, -0.25) is 12.2 Å². The Morgan fingerprint density at radius 1 is 0.643 bits per heavy atom. The molecule has 0 spiro atoms. The van der Waals surface area contributed by atoms with Gasteiger partial charge in [0, 0.05) is 9.52 Å². The van der Waals surface area contributed by atoms with E-state index in [-0.39, 0.29) is 26.2 Å². The first-order valence-electron chi connectivity index (χ1n) is 9.49. The van der Waals surface area contributed by atoms with Gasteiger partial charge in [0.2, 0.25) is 0 Å². The molecule has 0 saturated heterocycles. The summed E-state index contributed by atoms with van der Waals surface area (Å²) in [6, 6.07) is 20.8. The van der Waals surface area contributed by atoms with Crippen molar-refractivity contribution in [1.29, 1.82) is 0 Å². The predicted molar refractivity (Wildman–Crippen MR) is 123 cm³/mol. The zero-order valence-corrected chi connectivity index (χ0v) is 21.2. The van der Waals surface area contributed by atoms with E-state index >= 15 is 0 Å². The van der Waals surface area contributed by atoms with Gasteiger partial charge in [0.1, 0.15) is 0 Å². The molecule has 0 bridgehead atoms. The van der Waals surface area contributed by atoms with Gasteiger partial charge >= 0.3 is 26.2 Å². The van der Waals surface area contributed by atoms with E-state index in [1.54, 1.807) is 0 Å². The summed E-state index contributed by atoms with van der Waals surface area (Å²) >= 11 is 0. The Kier molecular flexibility index (Phi) is 16.6. The number of benzene rings is 2. The minimum atomic E-state index is 0. The SMILES string of the molecule is CC1=[C-]CC=C1.CC1=[C-]CC=C1.C[SiH]C.[Zr+2].c1ccc(-c2ccccc2)cc1. The van der Waals surface area contributed by atoms with Gasteiger partial charge in [0.25, 0.3) is 0 Å². The van der Waals surface area contributed by atoms with Crippen LogP contribution in [0.15, 0.2) is 96.1 Å². The normalized spacial score (nSPS) is 12.7. The third kappa shape index (κ3) is 12.8. The zero-order chi connectivity index (χ0) is 19.7. The maximum Gasteiger partial charge on any atom is 2.00 e. The number of allylic oxidation sites excluding steroid dienone is 8. The van der Waals surface area contributed by atoms with Gasteiger partial charge in [-0.15, -0.1) is 12.8 Å². The summed E-state index contributed by atoms with van der Waals surface area (Å²) in [4.78, 5) is 0. The minimum Gasteiger partial charge on any atom is -0.270 e. The Morgan fingerprint density at radius 3 is 1.14 bits per heavy atom. The number of hydrogen-bond donors (Lipinski definition) is 0. The van der Waals surface area contributed by atoms with Crippen molar-refractivity contribution in [2.75, 3.05) is 0 Å². The molecule has 2 aromatic rings. The third-order valence-corrected chi connectivity index (χ3v) is 3.61. The maximum absolute atomic E-state index is 3.12. The Labute approximate surface area is 194 Å². The van der Waals surface area contributed by atoms with E-state index < -0.39 is 0 Å². The molecule has 0 heterocycles. The quantitative estimate of drug-likeness (QED) is 0.309. The van der Waals surface area contributed by atoms with E-state index in [0.29, 0.717) is 0 Å². The minimum absolute atomic E-state index is 0. The average Bonchev–Trinajstić information content (AvgIpc) is 3.38. The number of rotatable bonds is 1. The summed E-state index contributed by atoms with van der Waals surface area (Å²) in [5, 5.41) is 0. The second-order valence-corrected chi connectivity index (χ2v) is 7.40. The van der Waals surface area contributed by atoms with Gasteiger partial charge in [-0.05, 0) is 11.1 Å². The topological polar surface area (TPSA) is 0 Å². The smallest absolute Gasteiger partial charge is 0.270 e. The first kappa shape index (κ1) is 26.5. The summed E-state index contributed by atoms with van der Waals surface area (Å²) in [5.74, 6) is 0. The van der Waals surface area contributed by atoms with Gasteiger partial charge in [0.15, 0.2) is 0 Å². The van der Waals surface area contributed by atoms with Crippen LogP contribution in [0.25, 0.3) is 11.1 Å². The summed E-state index contributed by atoms with van der Waals surface area (Å²) in [5.41, 5.74) is 5.10. The van der Waals surface area contributed by atoms with E-state index in [1.807, 2.05) is 12.1 Å². The van der Waals surface area contributed by atoms with Gasteiger partial charge in [-0.1, -0.05) is 87.6 Å². The van der Waals surface area contributed by atoms with Crippen LogP contribution in [0.2, 0.25) is 13.1 Å². The van der Waals surface area contributed by atoms with Crippen LogP contribution >= 0.6 is 0 Å². The molecule has 0 saturated carbocycles. The van der Waals surface area contributed by atoms with Crippen molar-refractivity contribution in [3.05, 3.63) is 108 Å². The van der Waals surface area contributed by atoms with E-state index in [2.05, 4.69) is 112 Å². The molecule has 143 valence electrons. The van der Waals surface area contributed by atoms with Crippen LogP contribution in [0.5, 0.6) is 0 Å². The van der Waals surface area contributed by atoms with Gasteiger partial charge in [0.05, 0.1) is 0 Å². The van der Waals surface area contributed by atoms with Crippen LogP contribution in [-0.4, -0.2) is 9.52 Å². The molecule has 0 N–H and O–H groups in total. The summed E-state index contributed by atoms with van der Waals surface area (Å²) in [6.45, 7) is 8.53. The van der Waals surface area contributed by atoms with Crippen LogP contribution in [0.1, 0.15) is 26.7 Å². The standard InChI is InChI=1S/C12H10.2C6H7.C2H7Si.Zr/c1-3-7-11(8-4-1)12-9-5-2-6-10-12;2*1-6-4-2-3-5-6;1-3-2;/h1-10H;2*2,4H,3H2,1H3;3H,1-2H3;/q;2*-1;;+2. The molecule has 1 radical (unpaired) electrons. The van der Waals surface area contributed by atoms with E-state index in [4.69, 9.17) is 0 Å². The number of hydrogen-bond acceptors (Lipinski definition) is 0. The molecule has 0 nitrogen and oxygen atoms in total. The average molecular weight is 463 g/mol. The monoisotopic (exact) mass is 461 g/mol. The second-order valence-electron chi connectivity index (χ2n) is 6.24. The fourth-order valence-electron chi connectivity index (χ4n) is 2.29. The van der Waals surface area contributed by atoms with Crippen molar-refractivity contribution in [3.63, 3.8) is 0 Å². The van der Waals surface area contributed by atoms with Crippen LogP contribution in [0, 0.1) is 12.2 Å². The van der Waals surface area contributed by atoms with Crippen LogP contribution in [0.3, 0.4) is 0 Å². The Balaban J connectivity index is 0.000000388. The van der Waals surface area contributed by atoms with Crippen molar-refractivity contribution in [2.24, 2.45) is 0 Å². The van der Waals surface area contributed by atoms with Crippen LogP contribution < -0.4 is 0 Å². The largest absolute Gasteiger partial charge is 2.00 e. The van der Waals surface area contributed by atoms with Crippen molar-refractivity contribution in [2.45, 2.75) is 39.8 Å². The Bertz CT molecular complexity index is 670. The Hall–Kier alpha value is -1.50. The van der Waals surface area contributed by atoms with Gasteiger partial charge in [-0.25, -0.2) is 23.3 Å². The second kappa shape index (κ2) is 17.6. The van der Waals surface area contributed by atoms with E-state index in [9.17, 15) is 0 Å². The molecule has 2 aliphatic carbocycles. The summed E-state index contributed by atoms with van der Waals surface area (Å²) in [6.07, 6.45) is 16.7. The first-order chi connectivity index (χ1) is 13.2. The molecule has 0 aliphatic heterocycles. The molecular weight excluding hydrogens is 432 g/mol. The fraction of sp³-hybridized carbons (Fsp3) is 0.231. The molecular formula is C26H31SiZr. The fourth-order valence-corrected chi connectivity index (χ4v) is 2.29. The molecule has 0 aromatic heterocycles. The molecule has 4 rings (SSSR count). The maximum atomic E-state index is 3.12. The molecule has 2 aliphatic rings. The molecule has 0 atom stereocenters. The molecule has 2 aromatic carbocycles. The van der Waals surface area contributed by atoms with Crippen LogP contribution in [-0.2, 0) is 26.2 Å². The predicted octanol–water partition coefficient (Wildman–Crippen LogP) is 7.26. The van der Waals surface area contributed by atoms with Gasteiger partial charge < -0.3 is 0 Å². The van der Waals surface area contributed by atoms with Crippen molar-refractivity contribution >= 4 is 9.52 Å². The van der Waals surface area contributed by atoms with Crippen molar-refractivity contribution in [1.82, 2.24) is 0 Å². The molecule has 2 heteroatoms. The molecule has 0 amide bonds. The Morgan fingerprint density at radius 2 is 0.964 bits per heavy atom. The third-order valence-electron chi connectivity index (χ3n) is 3.61. The van der Waals surface area contributed by atoms with Crippen molar-refractivity contribution in [3.8, 4) is 11.1 Å². The molecule has 0 unspecified atom stereocenters. The molecule has 28 heavy (non-hydrogen) atoms. The van der Waals surface area contributed by atoms with E-state index in [0.717, 1.165) is 22.4 Å². The first-order valence-corrected chi connectivity index (χ1v) is 11.8. The summed E-state index contributed by atoms with van der Waals surface area (Å²) in [7, 11) is 0.750. The zero-order valence-electron chi connectivity index (χ0n) is 17.6. The van der Waals surface area contributed by atoms with E-state index in [1.165, 1.54) is 22.3 Å². The van der Waals surface area contributed by atoms with Crippen LogP contribution in [0.4, 0.5) is 0 Å².